The van der Waals surface area contributed by atoms with Crippen LogP contribution in [0, 0.1) is 6.92 Å². The molecule has 14 heteroatoms. The van der Waals surface area contributed by atoms with Crippen LogP contribution < -0.4 is 20.9 Å². The molecule has 3 heterocycles. The van der Waals surface area contributed by atoms with E-state index in [0.717, 1.165) is 10.5 Å². The van der Waals surface area contributed by atoms with Crippen LogP contribution >= 0.6 is 23.2 Å². The highest BCUT2D eigenvalue weighted by atomic mass is 35.5. The number of aromatic carboxylic acids is 1. The number of hydrogen-bond acceptors (Lipinski definition) is 7. The van der Waals surface area contributed by atoms with E-state index in [1.165, 1.54) is 19.1 Å². The number of ether oxygens (including phenoxy) is 1. The molecule has 0 saturated heterocycles. The molecule has 210 valence electrons. The van der Waals surface area contributed by atoms with Gasteiger partial charge in [0.25, 0.3) is 5.56 Å². The van der Waals surface area contributed by atoms with E-state index in [1.54, 1.807) is 31.2 Å². The third-order valence-electron chi connectivity index (χ3n) is 5.79. The van der Waals surface area contributed by atoms with Crippen molar-refractivity contribution in [3.8, 4) is 5.75 Å². The van der Waals surface area contributed by atoms with Gasteiger partial charge in [0, 0.05) is 23.3 Å². The maximum atomic E-state index is 13.7. The molecular formula is C26H22Cl2F3N5O4. The predicted octanol–water partition coefficient (Wildman–Crippen LogP) is 5.91. The number of carboxylic acid groups (broad SMARTS) is 1. The third-order valence-corrected chi connectivity index (χ3v) is 6.26. The van der Waals surface area contributed by atoms with Crippen LogP contribution in [0.5, 0.6) is 5.75 Å². The Morgan fingerprint density at radius 1 is 1.12 bits per heavy atom. The summed E-state index contributed by atoms with van der Waals surface area (Å²) in [5.41, 5.74) is -2.13. The summed E-state index contributed by atoms with van der Waals surface area (Å²) < 4.78 is 47.8. The molecule has 0 amide bonds. The Morgan fingerprint density at radius 3 is 2.48 bits per heavy atom. The molecule has 4 aromatic rings. The minimum atomic E-state index is -4.75. The maximum absolute atomic E-state index is 13.7. The van der Waals surface area contributed by atoms with Crippen LogP contribution in [0.1, 0.15) is 34.1 Å². The molecule has 0 aliphatic carbocycles. The Kier molecular flexibility index (Phi) is 8.40. The zero-order valence-electron chi connectivity index (χ0n) is 21.0. The van der Waals surface area contributed by atoms with Gasteiger partial charge in [-0.05, 0) is 56.3 Å². The van der Waals surface area contributed by atoms with E-state index < -0.39 is 29.0 Å². The van der Waals surface area contributed by atoms with Crippen molar-refractivity contribution in [2.75, 3.05) is 17.2 Å². The molecule has 40 heavy (non-hydrogen) atoms. The van der Waals surface area contributed by atoms with E-state index in [2.05, 4.69) is 20.6 Å². The molecule has 3 N–H and O–H groups in total. The van der Waals surface area contributed by atoms with Gasteiger partial charge in [-0.15, -0.1) is 0 Å². The van der Waals surface area contributed by atoms with Crippen molar-refractivity contribution < 1.29 is 27.8 Å². The first-order valence-electron chi connectivity index (χ1n) is 11.8. The second-order valence-corrected chi connectivity index (χ2v) is 9.61. The average Bonchev–Trinajstić information content (AvgIpc) is 2.89. The number of halogens is 5. The van der Waals surface area contributed by atoms with E-state index in [9.17, 15) is 27.9 Å². The molecule has 0 fully saturated rings. The van der Waals surface area contributed by atoms with Crippen LogP contribution in [0.3, 0.4) is 0 Å². The number of nitrogens with one attached hydrogen (secondary N) is 2. The predicted molar refractivity (Wildman–Crippen MR) is 145 cm³/mol. The molecule has 0 aliphatic heterocycles. The monoisotopic (exact) mass is 595 g/mol. The summed E-state index contributed by atoms with van der Waals surface area (Å²) >= 11 is 11.7. The Bertz CT molecular complexity index is 1630. The van der Waals surface area contributed by atoms with Gasteiger partial charge in [0.05, 0.1) is 23.4 Å². The lowest BCUT2D eigenvalue weighted by atomic mass is 10.1. The summed E-state index contributed by atoms with van der Waals surface area (Å²) in [6.07, 6.45) is -4.44. The van der Waals surface area contributed by atoms with Crippen molar-refractivity contribution in [3.63, 3.8) is 0 Å². The molecule has 0 spiro atoms. The van der Waals surface area contributed by atoms with E-state index in [1.807, 2.05) is 0 Å². The Morgan fingerprint density at radius 2 is 1.82 bits per heavy atom. The van der Waals surface area contributed by atoms with Crippen molar-refractivity contribution in [2.24, 2.45) is 0 Å². The minimum Gasteiger partial charge on any atom is -0.489 e. The van der Waals surface area contributed by atoms with E-state index in [4.69, 9.17) is 27.9 Å². The lowest BCUT2D eigenvalue weighted by molar-refractivity contribution is -0.137. The van der Waals surface area contributed by atoms with Gasteiger partial charge in [-0.25, -0.2) is 14.8 Å². The van der Waals surface area contributed by atoms with Crippen LogP contribution in [-0.4, -0.2) is 38.1 Å². The zero-order valence-corrected chi connectivity index (χ0v) is 22.5. The molecule has 9 nitrogen and oxygen atoms in total. The fourth-order valence-corrected chi connectivity index (χ4v) is 4.09. The van der Waals surface area contributed by atoms with Crippen LogP contribution in [0.25, 0.3) is 5.65 Å². The number of carboxylic acids is 1. The molecule has 3 aromatic heterocycles. The Hall–Kier alpha value is -4.03. The number of pyridine rings is 2. The summed E-state index contributed by atoms with van der Waals surface area (Å²) in [4.78, 5) is 32.9. The first-order valence-corrected chi connectivity index (χ1v) is 12.5. The maximum Gasteiger partial charge on any atom is 0.417 e. The highest BCUT2D eigenvalue weighted by molar-refractivity contribution is 6.30. The topological polar surface area (TPSA) is 118 Å². The van der Waals surface area contributed by atoms with Gasteiger partial charge in [-0.1, -0.05) is 23.2 Å². The van der Waals surface area contributed by atoms with Crippen molar-refractivity contribution >= 4 is 46.3 Å². The summed E-state index contributed by atoms with van der Waals surface area (Å²) in [7, 11) is 0. The molecule has 0 aliphatic rings. The molecule has 0 saturated carbocycles. The largest absolute Gasteiger partial charge is 0.489 e. The quantitative estimate of drug-likeness (QED) is 0.204. The van der Waals surface area contributed by atoms with Gasteiger partial charge in [-0.3, -0.25) is 9.20 Å². The van der Waals surface area contributed by atoms with Gasteiger partial charge in [0.2, 0.25) is 0 Å². The number of anilines is 2. The number of aromatic nitrogens is 3. The summed E-state index contributed by atoms with van der Waals surface area (Å²) in [5, 5.41) is 15.7. The van der Waals surface area contributed by atoms with E-state index in [-0.39, 0.29) is 52.6 Å². The lowest BCUT2D eigenvalue weighted by Crippen LogP contribution is -2.27. The van der Waals surface area contributed by atoms with Gasteiger partial charge >= 0.3 is 12.1 Å². The standard InChI is InChI=1S/C26H22Cl2F3N5O4/c1-13(40-18-5-3-17(27)4-6-18)10-33-22-14(2)24(37)36-12-16(26(29,30)31)9-15(23(36)35-22)11-32-19-7-8-20(28)34-21(19)25(38)39/h3-9,12-13,32-33H,10-11H2,1-2H3,(H,38,39). The first kappa shape index (κ1) is 29.0. The highest BCUT2D eigenvalue weighted by Gasteiger charge is 2.32. The van der Waals surface area contributed by atoms with E-state index >= 15 is 0 Å². The molecular weight excluding hydrogens is 574 g/mol. The fourth-order valence-electron chi connectivity index (χ4n) is 3.81. The van der Waals surface area contributed by atoms with Crippen molar-refractivity contribution in [2.45, 2.75) is 32.7 Å². The smallest absolute Gasteiger partial charge is 0.417 e. The van der Waals surface area contributed by atoms with Crippen molar-refractivity contribution in [1.29, 1.82) is 0 Å². The van der Waals surface area contributed by atoms with E-state index in [0.29, 0.717) is 17.0 Å². The first-order chi connectivity index (χ1) is 18.8. The number of carbonyl (C=O) groups is 1. The summed E-state index contributed by atoms with van der Waals surface area (Å²) in [6.45, 7) is 3.16. The lowest BCUT2D eigenvalue weighted by Gasteiger charge is -2.19. The number of benzene rings is 1. The number of hydrogen-bond donors (Lipinski definition) is 3. The molecule has 0 bridgehead atoms. The number of alkyl halides is 3. The zero-order chi connectivity index (χ0) is 29.2. The van der Waals surface area contributed by atoms with Crippen LogP contribution in [0.2, 0.25) is 10.2 Å². The number of nitrogens with zero attached hydrogens (tertiary/aromatic N) is 3. The van der Waals surface area contributed by atoms with Crippen molar-refractivity contribution in [1.82, 2.24) is 14.4 Å². The second-order valence-electron chi connectivity index (χ2n) is 8.79. The highest BCUT2D eigenvalue weighted by Crippen LogP contribution is 2.31. The van der Waals surface area contributed by atoms with Crippen LogP contribution in [0.15, 0.2) is 53.5 Å². The van der Waals surface area contributed by atoms with Gasteiger partial charge in [0.15, 0.2) is 5.69 Å². The second kappa shape index (κ2) is 11.6. The fraction of sp³-hybridized carbons (Fsp3) is 0.231. The van der Waals surface area contributed by atoms with Crippen LogP contribution in [0.4, 0.5) is 24.7 Å². The number of rotatable bonds is 9. The minimum absolute atomic E-state index is 0.00766. The molecule has 0 radical (unpaired) electrons. The SMILES string of the molecule is Cc1c(NCC(C)Oc2ccc(Cl)cc2)nc2c(CNc3ccc(Cl)nc3C(=O)O)cc(C(F)(F)F)cn2c1=O. The van der Waals surface area contributed by atoms with Crippen molar-refractivity contribution in [3.05, 3.63) is 91.6 Å². The molecule has 1 unspecified atom stereocenters. The van der Waals surface area contributed by atoms with Crippen LogP contribution in [-0.2, 0) is 12.7 Å². The molecule has 1 atom stereocenters. The van der Waals surface area contributed by atoms with Gasteiger partial charge in [-0.2, -0.15) is 13.2 Å². The number of fused-ring (bicyclic) bond motifs is 1. The normalized spacial score (nSPS) is 12.3. The van der Waals surface area contributed by atoms with Gasteiger partial charge < -0.3 is 20.5 Å². The van der Waals surface area contributed by atoms with Gasteiger partial charge in [0.1, 0.15) is 28.5 Å². The average molecular weight is 596 g/mol. The Balaban J connectivity index is 1.68. The molecule has 1 aromatic carbocycles. The third kappa shape index (κ3) is 6.57. The molecule has 4 rings (SSSR count). The Labute approximate surface area is 235 Å². The summed E-state index contributed by atoms with van der Waals surface area (Å²) in [6, 6.07) is 10.3. The summed E-state index contributed by atoms with van der Waals surface area (Å²) in [5.74, 6) is -0.644.